The second kappa shape index (κ2) is 6.38. The highest BCUT2D eigenvalue weighted by Gasteiger charge is 2.46. The minimum atomic E-state index is 0.154. The van der Waals surface area contributed by atoms with Crippen molar-refractivity contribution in [3.8, 4) is 0 Å². The van der Waals surface area contributed by atoms with Crippen LogP contribution in [0.2, 0.25) is 0 Å². The highest BCUT2D eigenvalue weighted by molar-refractivity contribution is 5.83. The van der Waals surface area contributed by atoms with Crippen LogP contribution in [0.3, 0.4) is 0 Å². The minimum absolute atomic E-state index is 0.154. The monoisotopic (exact) mass is 324 g/mol. The third-order valence-corrected chi connectivity index (χ3v) is 5.39. The van der Waals surface area contributed by atoms with Crippen LogP contribution in [-0.2, 0) is 11.2 Å². The summed E-state index contributed by atoms with van der Waals surface area (Å²) in [5.41, 5.74) is 1.20. The molecule has 0 radical (unpaired) electrons. The van der Waals surface area contributed by atoms with Gasteiger partial charge >= 0.3 is 0 Å². The van der Waals surface area contributed by atoms with Crippen LogP contribution >= 0.6 is 0 Å². The van der Waals surface area contributed by atoms with E-state index in [4.69, 9.17) is 0 Å². The summed E-state index contributed by atoms with van der Waals surface area (Å²) < 4.78 is 2.27. The first kappa shape index (κ1) is 15.4. The molecule has 1 amide bonds. The number of nitrogens with zero attached hydrogens (tertiary/aromatic N) is 4. The third kappa shape index (κ3) is 2.83. The Bertz CT molecular complexity index is 711. The molecule has 3 heterocycles. The molecule has 0 unspecified atom stereocenters. The van der Waals surface area contributed by atoms with E-state index in [1.54, 1.807) is 6.20 Å². The molecule has 1 saturated heterocycles. The molecule has 2 aromatic heterocycles. The molecule has 4 rings (SSSR count). The van der Waals surface area contributed by atoms with Gasteiger partial charge in [-0.25, -0.2) is 4.98 Å². The Morgan fingerprint density at radius 2 is 2.29 bits per heavy atom. The predicted molar refractivity (Wildman–Crippen MR) is 91.5 cm³/mol. The molecule has 3 atom stereocenters. The second-order valence-corrected chi connectivity index (χ2v) is 6.92. The van der Waals surface area contributed by atoms with Gasteiger partial charge in [-0.2, -0.15) is 0 Å². The van der Waals surface area contributed by atoms with E-state index < -0.39 is 0 Å². The lowest BCUT2D eigenvalue weighted by molar-refractivity contribution is -0.134. The second-order valence-electron chi connectivity index (χ2n) is 6.92. The van der Waals surface area contributed by atoms with E-state index in [-0.39, 0.29) is 5.92 Å². The minimum Gasteiger partial charge on any atom is -0.340 e. The first-order chi connectivity index (χ1) is 11.8. The van der Waals surface area contributed by atoms with Gasteiger partial charge in [0.25, 0.3) is 0 Å². The number of aromatic nitrogens is 3. The van der Waals surface area contributed by atoms with Gasteiger partial charge in [0.2, 0.25) is 5.91 Å². The number of piperidine rings is 1. The summed E-state index contributed by atoms with van der Waals surface area (Å²) in [4.78, 5) is 23.6. The maximum absolute atomic E-state index is 12.9. The van der Waals surface area contributed by atoms with Gasteiger partial charge in [-0.1, -0.05) is 13.0 Å². The molecule has 1 aliphatic carbocycles. The van der Waals surface area contributed by atoms with E-state index in [1.165, 1.54) is 5.56 Å². The summed E-state index contributed by atoms with van der Waals surface area (Å²) in [7, 11) is 0. The summed E-state index contributed by atoms with van der Waals surface area (Å²) in [6.07, 6.45) is 11.7. The Hall–Kier alpha value is -2.17. The number of pyridine rings is 1. The molecule has 126 valence electrons. The summed E-state index contributed by atoms with van der Waals surface area (Å²) in [5.74, 6) is 1.97. The van der Waals surface area contributed by atoms with E-state index in [9.17, 15) is 4.79 Å². The van der Waals surface area contributed by atoms with Crippen LogP contribution in [0, 0.1) is 5.92 Å². The molecule has 1 saturated carbocycles. The molecular weight excluding hydrogens is 300 g/mol. The summed E-state index contributed by atoms with van der Waals surface area (Å²) in [6.45, 7) is 3.84. The van der Waals surface area contributed by atoms with Crippen molar-refractivity contribution in [1.82, 2.24) is 19.4 Å². The van der Waals surface area contributed by atoms with Crippen molar-refractivity contribution >= 4 is 5.91 Å². The maximum atomic E-state index is 12.9. The lowest BCUT2D eigenvalue weighted by Crippen LogP contribution is -2.41. The van der Waals surface area contributed by atoms with Crippen LogP contribution in [0.15, 0.2) is 36.9 Å². The van der Waals surface area contributed by atoms with Crippen molar-refractivity contribution in [3.05, 3.63) is 48.3 Å². The molecule has 2 fully saturated rings. The van der Waals surface area contributed by atoms with Crippen molar-refractivity contribution in [2.24, 2.45) is 5.92 Å². The number of rotatable bonds is 4. The standard InChI is InChI=1S/C19H24N4O/c1-2-18-21-8-10-23(18)15-6-4-9-22(13-15)19(24)17-11-16(17)14-5-3-7-20-12-14/h3,5,7-8,10,12,15-17H,2,4,6,9,11,13H2,1H3/t15-,16-,17+/m1/s1. The molecule has 5 nitrogen and oxygen atoms in total. The van der Waals surface area contributed by atoms with Crippen LogP contribution in [0.4, 0.5) is 0 Å². The zero-order valence-corrected chi connectivity index (χ0v) is 14.1. The summed E-state index contributed by atoms with van der Waals surface area (Å²) >= 11 is 0. The number of carbonyl (C=O) groups excluding carboxylic acids is 1. The number of imidazole rings is 1. The quantitative estimate of drug-likeness (QED) is 0.869. The van der Waals surface area contributed by atoms with E-state index in [0.717, 1.165) is 44.6 Å². The number of amides is 1. The van der Waals surface area contributed by atoms with Crippen LogP contribution in [0.1, 0.15) is 49.5 Å². The number of hydrogen-bond donors (Lipinski definition) is 0. The Balaban J connectivity index is 1.42. The highest BCUT2D eigenvalue weighted by Crippen LogP contribution is 2.48. The van der Waals surface area contributed by atoms with Crippen LogP contribution < -0.4 is 0 Å². The van der Waals surface area contributed by atoms with Crippen molar-refractivity contribution in [3.63, 3.8) is 0 Å². The SMILES string of the molecule is CCc1nccn1[C@@H]1CCCN(C(=O)[C@H]2C[C@@H]2c2cccnc2)C1. The summed E-state index contributed by atoms with van der Waals surface area (Å²) in [6, 6.07) is 4.41. The summed E-state index contributed by atoms with van der Waals surface area (Å²) in [5, 5.41) is 0. The fraction of sp³-hybridized carbons (Fsp3) is 0.526. The molecule has 0 aromatic carbocycles. The third-order valence-electron chi connectivity index (χ3n) is 5.39. The van der Waals surface area contributed by atoms with Crippen molar-refractivity contribution in [2.45, 2.75) is 44.6 Å². The van der Waals surface area contributed by atoms with Gasteiger partial charge < -0.3 is 9.47 Å². The van der Waals surface area contributed by atoms with E-state index in [1.807, 2.05) is 18.5 Å². The van der Waals surface area contributed by atoms with Crippen molar-refractivity contribution < 1.29 is 4.79 Å². The molecule has 24 heavy (non-hydrogen) atoms. The molecule has 2 aliphatic rings. The first-order valence-corrected chi connectivity index (χ1v) is 8.98. The molecule has 2 aromatic rings. The van der Waals surface area contributed by atoms with Crippen LogP contribution in [0.25, 0.3) is 0 Å². The zero-order chi connectivity index (χ0) is 16.5. The fourth-order valence-corrected chi connectivity index (χ4v) is 4.00. The van der Waals surface area contributed by atoms with E-state index in [2.05, 4.69) is 38.6 Å². The first-order valence-electron chi connectivity index (χ1n) is 8.98. The predicted octanol–water partition coefficient (Wildman–Crippen LogP) is 2.81. The lowest BCUT2D eigenvalue weighted by atomic mass is 10.0. The number of likely N-dealkylation sites (tertiary alicyclic amines) is 1. The molecule has 0 bridgehead atoms. The lowest BCUT2D eigenvalue weighted by Gasteiger charge is -2.34. The molecule has 0 spiro atoms. The Kier molecular flexibility index (Phi) is 4.08. The van der Waals surface area contributed by atoms with Gasteiger partial charge in [0.05, 0.1) is 6.04 Å². The average Bonchev–Trinajstić information content (AvgIpc) is 3.30. The molecule has 1 aliphatic heterocycles. The topological polar surface area (TPSA) is 51.0 Å². The normalized spacial score (nSPS) is 26.4. The Labute approximate surface area is 142 Å². The van der Waals surface area contributed by atoms with Gasteiger partial charge in [0, 0.05) is 50.2 Å². The Morgan fingerprint density at radius 3 is 3.08 bits per heavy atom. The van der Waals surface area contributed by atoms with Crippen molar-refractivity contribution in [2.75, 3.05) is 13.1 Å². The van der Waals surface area contributed by atoms with Crippen molar-refractivity contribution in [1.29, 1.82) is 0 Å². The van der Waals surface area contributed by atoms with Gasteiger partial charge in [-0.05, 0) is 36.8 Å². The van der Waals surface area contributed by atoms with Gasteiger partial charge in [0.1, 0.15) is 5.82 Å². The van der Waals surface area contributed by atoms with Crippen LogP contribution in [-0.4, -0.2) is 38.4 Å². The maximum Gasteiger partial charge on any atom is 0.226 e. The van der Waals surface area contributed by atoms with Gasteiger partial charge in [-0.15, -0.1) is 0 Å². The van der Waals surface area contributed by atoms with Gasteiger partial charge in [-0.3, -0.25) is 9.78 Å². The van der Waals surface area contributed by atoms with E-state index in [0.29, 0.717) is 17.9 Å². The highest BCUT2D eigenvalue weighted by atomic mass is 16.2. The molecular formula is C19H24N4O. The van der Waals surface area contributed by atoms with Crippen LogP contribution in [0.5, 0.6) is 0 Å². The number of aryl methyl sites for hydroxylation is 1. The number of hydrogen-bond acceptors (Lipinski definition) is 3. The number of carbonyl (C=O) groups is 1. The van der Waals surface area contributed by atoms with Gasteiger partial charge in [0.15, 0.2) is 0 Å². The smallest absolute Gasteiger partial charge is 0.226 e. The largest absolute Gasteiger partial charge is 0.340 e. The average molecular weight is 324 g/mol. The molecule has 5 heteroatoms. The zero-order valence-electron chi connectivity index (χ0n) is 14.1. The fourth-order valence-electron chi connectivity index (χ4n) is 4.00. The molecule has 0 N–H and O–H groups in total. The Morgan fingerprint density at radius 1 is 1.38 bits per heavy atom. The van der Waals surface area contributed by atoms with E-state index >= 15 is 0 Å².